The minimum atomic E-state index is -0.137. The van der Waals surface area contributed by atoms with Gasteiger partial charge in [0.2, 0.25) is 5.95 Å². The van der Waals surface area contributed by atoms with E-state index in [1.165, 1.54) is 0 Å². The van der Waals surface area contributed by atoms with E-state index in [4.69, 9.17) is 0 Å². The molecule has 1 fully saturated rings. The number of hydrogen-bond donors (Lipinski definition) is 3. The third-order valence-corrected chi connectivity index (χ3v) is 3.98. The van der Waals surface area contributed by atoms with E-state index in [2.05, 4.69) is 20.6 Å². The first-order chi connectivity index (χ1) is 10.3. The zero-order chi connectivity index (χ0) is 14.7. The molecule has 21 heavy (non-hydrogen) atoms. The van der Waals surface area contributed by atoms with Crippen molar-refractivity contribution in [2.45, 2.75) is 44.8 Å². The van der Waals surface area contributed by atoms with Gasteiger partial charge in [0.15, 0.2) is 0 Å². The third kappa shape index (κ3) is 3.24. The maximum absolute atomic E-state index is 9.62. The molecule has 1 aromatic heterocycles. The van der Waals surface area contributed by atoms with Crippen LogP contribution in [-0.2, 0) is 0 Å². The van der Waals surface area contributed by atoms with Crippen LogP contribution in [0.15, 0.2) is 24.3 Å². The Hall–Kier alpha value is -1.88. The van der Waals surface area contributed by atoms with E-state index in [1.54, 1.807) is 0 Å². The zero-order valence-electron chi connectivity index (χ0n) is 12.3. The number of aromatic nitrogens is 2. The number of nitrogens with one attached hydrogen (secondary N) is 2. The number of hydrogen-bond acceptors (Lipinski definition) is 5. The number of fused-ring (bicyclic) bond motifs is 1. The van der Waals surface area contributed by atoms with E-state index in [0.29, 0.717) is 12.0 Å². The number of rotatable bonds is 4. The van der Waals surface area contributed by atoms with Crippen molar-refractivity contribution in [3.05, 3.63) is 24.3 Å². The van der Waals surface area contributed by atoms with Crippen LogP contribution in [0.25, 0.3) is 10.9 Å². The fourth-order valence-corrected chi connectivity index (χ4v) is 2.84. The van der Waals surface area contributed by atoms with Crippen LogP contribution in [0, 0.1) is 0 Å². The smallest absolute Gasteiger partial charge is 0.225 e. The van der Waals surface area contributed by atoms with Gasteiger partial charge in [-0.1, -0.05) is 12.1 Å². The molecular formula is C16H22N4O. The van der Waals surface area contributed by atoms with E-state index in [9.17, 15) is 5.11 Å². The fourth-order valence-electron chi connectivity index (χ4n) is 2.84. The van der Waals surface area contributed by atoms with Gasteiger partial charge in [0, 0.05) is 18.0 Å². The Morgan fingerprint density at radius 2 is 1.90 bits per heavy atom. The van der Waals surface area contributed by atoms with Crippen molar-refractivity contribution in [1.29, 1.82) is 0 Å². The topological polar surface area (TPSA) is 70.1 Å². The lowest BCUT2D eigenvalue weighted by Gasteiger charge is -2.27. The summed E-state index contributed by atoms with van der Waals surface area (Å²) in [6, 6.07) is 8.43. The number of aliphatic hydroxyl groups is 1. The highest BCUT2D eigenvalue weighted by Crippen LogP contribution is 2.26. The molecule has 0 amide bonds. The molecule has 0 atom stereocenters. The van der Waals surface area contributed by atoms with Crippen molar-refractivity contribution in [3.8, 4) is 0 Å². The molecule has 1 saturated carbocycles. The Morgan fingerprint density at radius 3 is 2.67 bits per heavy atom. The van der Waals surface area contributed by atoms with Gasteiger partial charge in [-0.05, 0) is 44.7 Å². The van der Waals surface area contributed by atoms with Crippen LogP contribution >= 0.6 is 0 Å². The third-order valence-electron chi connectivity index (χ3n) is 3.98. The van der Waals surface area contributed by atoms with E-state index < -0.39 is 0 Å². The molecule has 1 aliphatic rings. The molecule has 1 aromatic carbocycles. The molecular weight excluding hydrogens is 264 g/mol. The number of nitrogens with zero attached hydrogens (tertiary/aromatic N) is 2. The molecule has 0 bridgehead atoms. The van der Waals surface area contributed by atoms with Gasteiger partial charge in [0.1, 0.15) is 5.82 Å². The van der Waals surface area contributed by atoms with Crippen molar-refractivity contribution >= 4 is 22.7 Å². The largest absolute Gasteiger partial charge is 0.393 e. The van der Waals surface area contributed by atoms with Crippen molar-refractivity contribution < 1.29 is 5.11 Å². The van der Waals surface area contributed by atoms with Crippen LogP contribution in [0.2, 0.25) is 0 Å². The van der Waals surface area contributed by atoms with Gasteiger partial charge in [-0.15, -0.1) is 0 Å². The molecule has 112 valence electrons. The molecule has 3 rings (SSSR count). The molecule has 5 nitrogen and oxygen atoms in total. The Bertz CT molecular complexity index is 608. The van der Waals surface area contributed by atoms with Gasteiger partial charge in [-0.3, -0.25) is 0 Å². The molecule has 0 spiro atoms. The fraction of sp³-hybridized carbons (Fsp3) is 0.500. The van der Waals surface area contributed by atoms with Crippen LogP contribution in [0.1, 0.15) is 32.6 Å². The highest BCUT2D eigenvalue weighted by Gasteiger charge is 2.20. The predicted octanol–water partition coefficient (Wildman–Crippen LogP) is 2.78. The van der Waals surface area contributed by atoms with Crippen LogP contribution in [-0.4, -0.2) is 33.8 Å². The summed E-state index contributed by atoms with van der Waals surface area (Å²) in [6.45, 7) is 2.83. The lowest BCUT2D eigenvalue weighted by Crippen LogP contribution is -2.28. The van der Waals surface area contributed by atoms with Gasteiger partial charge in [-0.2, -0.15) is 4.98 Å². The summed E-state index contributed by atoms with van der Waals surface area (Å²) in [5.41, 5.74) is 0.946. The molecule has 0 saturated heterocycles. The summed E-state index contributed by atoms with van der Waals surface area (Å²) in [5, 5.41) is 17.4. The van der Waals surface area contributed by atoms with Gasteiger partial charge in [0.25, 0.3) is 0 Å². The maximum Gasteiger partial charge on any atom is 0.225 e. The summed E-state index contributed by atoms with van der Waals surface area (Å²) in [6.07, 6.45) is 3.55. The Balaban J connectivity index is 1.88. The first-order valence-corrected chi connectivity index (χ1v) is 7.71. The first kappa shape index (κ1) is 14.1. The quantitative estimate of drug-likeness (QED) is 0.806. The van der Waals surface area contributed by atoms with Crippen molar-refractivity contribution in [3.63, 3.8) is 0 Å². The Kier molecular flexibility index (Phi) is 4.20. The summed E-state index contributed by atoms with van der Waals surface area (Å²) >= 11 is 0. The zero-order valence-corrected chi connectivity index (χ0v) is 12.3. The molecule has 3 N–H and O–H groups in total. The minimum Gasteiger partial charge on any atom is -0.393 e. The predicted molar refractivity (Wildman–Crippen MR) is 85.6 cm³/mol. The highest BCUT2D eigenvalue weighted by molar-refractivity contribution is 5.90. The van der Waals surface area contributed by atoms with Gasteiger partial charge < -0.3 is 15.7 Å². The molecule has 0 unspecified atom stereocenters. The normalized spacial score (nSPS) is 22.2. The summed E-state index contributed by atoms with van der Waals surface area (Å²) in [4.78, 5) is 9.14. The molecule has 5 heteroatoms. The average Bonchev–Trinajstić information content (AvgIpc) is 2.50. The van der Waals surface area contributed by atoms with Crippen molar-refractivity contribution in [2.75, 3.05) is 17.2 Å². The van der Waals surface area contributed by atoms with E-state index in [-0.39, 0.29) is 6.10 Å². The molecule has 1 heterocycles. The molecule has 0 aliphatic heterocycles. The lowest BCUT2D eigenvalue weighted by atomic mass is 9.93. The van der Waals surface area contributed by atoms with Gasteiger partial charge in [-0.25, -0.2) is 4.98 Å². The first-order valence-electron chi connectivity index (χ1n) is 7.71. The Morgan fingerprint density at radius 1 is 1.14 bits per heavy atom. The number of benzene rings is 1. The van der Waals surface area contributed by atoms with Gasteiger partial charge >= 0.3 is 0 Å². The van der Waals surface area contributed by atoms with Crippen molar-refractivity contribution in [2.24, 2.45) is 0 Å². The second-order valence-electron chi connectivity index (χ2n) is 5.59. The number of para-hydroxylation sites is 1. The van der Waals surface area contributed by atoms with E-state index >= 15 is 0 Å². The van der Waals surface area contributed by atoms with E-state index in [1.807, 2.05) is 31.2 Å². The molecule has 0 radical (unpaired) electrons. The Labute approximate surface area is 124 Å². The summed E-state index contributed by atoms with van der Waals surface area (Å²) in [7, 11) is 0. The van der Waals surface area contributed by atoms with Crippen LogP contribution in [0.3, 0.4) is 0 Å². The monoisotopic (exact) mass is 286 g/mol. The van der Waals surface area contributed by atoms with Gasteiger partial charge in [0.05, 0.1) is 11.6 Å². The van der Waals surface area contributed by atoms with Crippen LogP contribution in [0.5, 0.6) is 0 Å². The highest BCUT2D eigenvalue weighted by atomic mass is 16.3. The van der Waals surface area contributed by atoms with Crippen LogP contribution in [0.4, 0.5) is 11.8 Å². The average molecular weight is 286 g/mol. The maximum atomic E-state index is 9.62. The molecule has 1 aliphatic carbocycles. The second kappa shape index (κ2) is 6.26. The number of anilines is 2. The van der Waals surface area contributed by atoms with Crippen molar-refractivity contribution in [1.82, 2.24) is 9.97 Å². The SMILES string of the molecule is CCNc1nc(NC2CCC(O)CC2)c2ccccc2n1. The second-order valence-corrected chi connectivity index (χ2v) is 5.59. The molecule has 2 aromatic rings. The standard InChI is InChI=1S/C16H22N4O/c1-2-17-16-19-14-6-4-3-5-13(14)15(20-16)18-11-7-9-12(21)10-8-11/h3-6,11-12,21H,2,7-10H2,1H3,(H2,17,18,19,20). The summed E-state index contributed by atoms with van der Waals surface area (Å²) in [5.74, 6) is 1.55. The van der Waals surface area contributed by atoms with Crippen LogP contribution < -0.4 is 10.6 Å². The number of aliphatic hydroxyl groups excluding tert-OH is 1. The van der Waals surface area contributed by atoms with E-state index in [0.717, 1.165) is 48.9 Å². The lowest BCUT2D eigenvalue weighted by molar-refractivity contribution is 0.126. The summed E-state index contributed by atoms with van der Waals surface area (Å²) < 4.78 is 0. The minimum absolute atomic E-state index is 0.137.